The summed E-state index contributed by atoms with van der Waals surface area (Å²) in [6, 6.07) is 13.5. The Balaban J connectivity index is 1.72. The highest BCUT2D eigenvalue weighted by Gasteiger charge is 2.14. The number of nitrogens with zero attached hydrogens (tertiary/aromatic N) is 1. The van der Waals surface area contributed by atoms with Crippen molar-refractivity contribution < 1.29 is 14.3 Å². The molecule has 3 rings (SSSR count). The van der Waals surface area contributed by atoms with E-state index in [2.05, 4.69) is 4.90 Å². The SMILES string of the molecule is Cc1cccc(C)c1OC(=O)c1cccc(CN2CCOCC2)c1. The second-order valence-electron chi connectivity index (χ2n) is 6.20. The zero-order valence-electron chi connectivity index (χ0n) is 14.2. The summed E-state index contributed by atoms with van der Waals surface area (Å²) in [5, 5.41) is 0. The van der Waals surface area contributed by atoms with Crippen LogP contribution in [0, 0.1) is 13.8 Å². The molecule has 24 heavy (non-hydrogen) atoms. The standard InChI is InChI=1S/C20H23NO3/c1-15-5-3-6-16(2)19(15)24-20(22)18-8-4-7-17(13-18)14-21-9-11-23-12-10-21/h3-8,13H,9-12,14H2,1-2H3. The van der Waals surface area contributed by atoms with Gasteiger partial charge in [-0.1, -0.05) is 30.3 Å². The molecule has 0 aromatic heterocycles. The van der Waals surface area contributed by atoms with E-state index < -0.39 is 0 Å². The molecule has 0 saturated carbocycles. The van der Waals surface area contributed by atoms with E-state index in [-0.39, 0.29) is 5.97 Å². The maximum atomic E-state index is 12.5. The number of para-hydroxylation sites is 1. The number of rotatable bonds is 4. The molecule has 1 aliphatic heterocycles. The van der Waals surface area contributed by atoms with E-state index in [4.69, 9.17) is 9.47 Å². The molecule has 0 aliphatic carbocycles. The van der Waals surface area contributed by atoms with Gasteiger partial charge in [0.05, 0.1) is 18.8 Å². The summed E-state index contributed by atoms with van der Waals surface area (Å²) in [6.45, 7) is 8.12. The van der Waals surface area contributed by atoms with Crippen molar-refractivity contribution in [2.75, 3.05) is 26.3 Å². The van der Waals surface area contributed by atoms with E-state index >= 15 is 0 Å². The van der Waals surface area contributed by atoms with Crippen LogP contribution in [0.25, 0.3) is 0 Å². The zero-order valence-corrected chi connectivity index (χ0v) is 14.2. The van der Waals surface area contributed by atoms with Crippen molar-refractivity contribution in [3.05, 3.63) is 64.7 Å². The lowest BCUT2D eigenvalue weighted by Crippen LogP contribution is -2.35. The van der Waals surface area contributed by atoms with Gasteiger partial charge in [0.15, 0.2) is 0 Å². The van der Waals surface area contributed by atoms with Crippen molar-refractivity contribution in [3.63, 3.8) is 0 Å². The zero-order chi connectivity index (χ0) is 16.9. The van der Waals surface area contributed by atoms with Gasteiger partial charge in [-0.3, -0.25) is 4.90 Å². The fourth-order valence-corrected chi connectivity index (χ4v) is 2.93. The van der Waals surface area contributed by atoms with Gasteiger partial charge in [0.2, 0.25) is 0 Å². The van der Waals surface area contributed by atoms with Gasteiger partial charge in [-0.2, -0.15) is 0 Å². The second kappa shape index (κ2) is 7.60. The third kappa shape index (κ3) is 4.02. The van der Waals surface area contributed by atoms with E-state index in [9.17, 15) is 4.79 Å². The van der Waals surface area contributed by atoms with E-state index in [0.29, 0.717) is 11.3 Å². The summed E-state index contributed by atoms with van der Waals surface area (Å²) >= 11 is 0. The van der Waals surface area contributed by atoms with Crippen LogP contribution in [0.15, 0.2) is 42.5 Å². The van der Waals surface area contributed by atoms with Crippen LogP contribution in [0.5, 0.6) is 5.75 Å². The van der Waals surface area contributed by atoms with Crippen molar-refractivity contribution in [2.45, 2.75) is 20.4 Å². The van der Waals surface area contributed by atoms with Gasteiger partial charge >= 0.3 is 5.97 Å². The summed E-state index contributed by atoms with van der Waals surface area (Å²) < 4.78 is 11.0. The second-order valence-corrected chi connectivity index (χ2v) is 6.20. The van der Waals surface area contributed by atoms with E-state index in [1.165, 1.54) is 0 Å². The molecule has 0 N–H and O–H groups in total. The summed E-state index contributed by atoms with van der Waals surface area (Å²) in [7, 11) is 0. The average Bonchev–Trinajstić information content (AvgIpc) is 2.59. The highest BCUT2D eigenvalue weighted by molar-refractivity contribution is 5.91. The van der Waals surface area contributed by atoms with Crippen molar-refractivity contribution in [1.82, 2.24) is 4.90 Å². The molecule has 1 heterocycles. The molecule has 1 aliphatic rings. The molecule has 0 atom stereocenters. The Hall–Kier alpha value is -2.17. The van der Waals surface area contributed by atoms with Crippen LogP contribution < -0.4 is 4.74 Å². The predicted molar refractivity (Wildman–Crippen MR) is 93.4 cm³/mol. The molecule has 0 unspecified atom stereocenters. The molecule has 1 saturated heterocycles. The Morgan fingerprint density at radius 3 is 2.46 bits per heavy atom. The lowest BCUT2D eigenvalue weighted by molar-refractivity contribution is 0.0341. The number of esters is 1. The molecule has 2 aromatic rings. The number of carbonyl (C=O) groups is 1. The average molecular weight is 325 g/mol. The number of ether oxygens (including phenoxy) is 2. The summed E-state index contributed by atoms with van der Waals surface area (Å²) in [4.78, 5) is 14.8. The fourth-order valence-electron chi connectivity index (χ4n) is 2.93. The van der Waals surface area contributed by atoms with E-state index in [1.807, 2.05) is 50.2 Å². The van der Waals surface area contributed by atoms with Gasteiger partial charge in [-0.05, 0) is 42.7 Å². The molecule has 4 nitrogen and oxygen atoms in total. The van der Waals surface area contributed by atoms with Crippen molar-refractivity contribution in [1.29, 1.82) is 0 Å². The minimum atomic E-state index is -0.309. The van der Waals surface area contributed by atoms with Gasteiger partial charge in [-0.25, -0.2) is 4.79 Å². The minimum absolute atomic E-state index is 0.309. The Labute approximate surface area is 143 Å². The Bertz CT molecular complexity index is 700. The third-order valence-electron chi connectivity index (χ3n) is 4.28. The van der Waals surface area contributed by atoms with E-state index in [1.54, 1.807) is 6.07 Å². The van der Waals surface area contributed by atoms with Gasteiger partial charge in [0, 0.05) is 19.6 Å². The van der Waals surface area contributed by atoms with Crippen LogP contribution in [-0.4, -0.2) is 37.2 Å². The number of hydrogen-bond donors (Lipinski definition) is 0. The van der Waals surface area contributed by atoms with Crippen molar-refractivity contribution >= 4 is 5.97 Å². The van der Waals surface area contributed by atoms with Crippen molar-refractivity contribution in [3.8, 4) is 5.75 Å². The molecule has 1 fully saturated rings. The summed E-state index contributed by atoms with van der Waals surface area (Å²) in [5.41, 5.74) is 3.64. The first kappa shape index (κ1) is 16.7. The molecular weight excluding hydrogens is 302 g/mol. The number of aryl methyl sites for hydroxylation is 2. The molecular formula is C20H23NO3. The van der Waals surface area contributed by atoms with Crippen LogP contribution in [0.4, 0.5) is 0 Å². The molecule has 2 aromatic carbocycles. The van der Waals surface area contributed by atoms with Gasteiger partial charge in [-0.15, -0.1) is 0 Å². The third-order valence-corrected chi connectivity index (χ3v) is 4.28. The molecule has 4 heteroatoms. The predicted octanol–water partition coefficient (Wildman–Crippen LogP) is 3.35. The molecule has 126 valence electrons. The smallest absolute Gasteiger partial charge is 0.343 e. The van der Waals surface area contributed by atoms with Crippen LogP contribution in [0.1, 0.15) is 27.0 Å². The fraction of sp³-hybridized carbons (Fsp3) is 0.350. The molecule has 0 spiro atoms. The highest BCUT2D eigenvalue weighted by atomic mass is 16.5. The largest absolute Gasteiger partial charge is 0.422 e. The first-order chi connectivity index (χ1) is 11.6. The summed E-state index contributed by atoms with van der Waals surface area (Å²) in [6.07, 6.45) is 0. The van der Waals surface area contributed by atoms with E-state index in [0.717, 1.165) is 49.5 Å². The number of morpholine rings is 1. The lowest BCUT2D eigenvalue weighted by atomic mass is 10.1. The molecule has 0 radical (unpaired) electrons. The van der Waals surface area contributed by atoms with Crippen LogP contribution in [-0.2, 0) is 11.3 Å². The molecule has 0 bridgehead atoms. The maximum absolute atomic E-state index is 12.5. The lowest BCUT2D eigenvalue weighted by Gasteiger charge is -2.26. The summed E-state index contributed by atoms with van der Waals surface area (Å²) in [5.74, 6) is 0.345. The Kier molecular flexibility index (Phi) is 5.28. The van der Waals surface area contributed by atoms with Crippen LogP contribution in [0.2, 0.25) is 0 Å². The molecule has 0 amide bonds. The van der Waals surface area contributed by atoms with Crippen molar-refractivity contribution in [2.24, 2.45) is 0 Å². The number of hydrogen-bond acceptors (Lipinski definition) is 4. The maximum Gasteiger partial charge on any atom is 0.343 e. The normalized spacial score (nSPS) is 15.2. The highest BCUT2D eigenvalue weighted by Crippen LogP contribution is 2.23. The van der Waals surface area contributed by atoms with Gasteiger partial charge in [0.1, 0.15) is 5.75 Å². The Morgan fingerprint density at radius 1 is 1.08 bits per heavy atom. The first-order valence-corrected chi connectivity index (χ1v) is 8.31. The number of benzene rings is 2. The Morgan fingerprint density at radius 2 is 1.75 bits per heavy atom. The first-order valence-electron chi connectivity index (χ1n) is 8.31. The topological polar surface area (TPSA) is 38.8 Å². The minimum Gasteiger partial charge on any atom is -0.422 e. The monoisotopic (exact) mass is 325 g/mol. The van der Waals surface area contributed by atoms with Crippen LogP contribution >= 0.6 is 0 Å². The van der Waals surface area contributed by atoms with Gasteiger partial charge in [0.25, 0.3) is 0 Å². The van der Waals surface area contributed by atoms with Crippen LogP contribution in [0.3, 0.4) is 0 Å². The number of carbonyl (C=O) groups excluding carboxylic acids is 1. The quantitative estimate of drug-likeness (QED) is 0.638. The van der Waals surface area contributed by atoms with Gasteiger partial charge < -0.3 is 9.47 Å².